The van der Waals surface area contributed by atoms with Crippen LogP contribution in [0.3, 0.4) is 0 Å². The second kappa shape index (κ2) is 6.84. The Morgan fingerprint density at radius 3 is 2.71 bits per heavy atom. The summed E-state index contributed by atoms with van der Waals surface area (Å²) in [6.45, 7) is 0. The molecular weight excluding hydrogens is 327 g/mol. The van der Waals surface area contributed by atoms with Crippen molar-refractivity contribution in [2.45, 2.75) is 10.1 Å². The van der Waals surface area contributed by atoms with Crippen LogP contribution in [-0.4, -0.2) is 27.5 Å². The van der Waals surface area contributed by atoms with Crippen LogP contribution in [0.25, 0.3) is 0 Å². The molecule has 0 atom stereocenters. The Balaban J connectivity index is 1.85. The smallest absolute Gasteiger partial charge is 0.276 e. The van der Waals surface area contributed by atoms with Crippen molar-refractivity contribution >= 4 is 23.4 Å². The summed E-state index contributed by atoms with van der Waals surface area (Å²) >= 11 is 1.18. The van der Waals surface area contributed by atoms with Crippen LogP contribution in [0.15, 0.2) is 65.0 Å². The molecule has 5 nitrogen and oxygen atoms in total. The van der Waals surface area contributed by atoms with Gasteiger partial charge in [0.25, 0.3) is 5.91 Å². The topological polar surface area (TPSA) is 51.0 Å². The second-order valence-corrected chi connectivity index (χ2v) is 6.10. The van der Waals surface area contributed by atoms with Crippen molar-refractivity contribution in [3.63, 3.8) is 0 Å². The predicted molar refractivity (Wildman–Crippen MR) is 90.7 cm³/mol. The van der Waals surface area contributed by atoms with E-state index in [-0.39, 0.29) is 11.7 Å². The van der Waals surface area contributed by atoms with E-state index in [4.69, 9.17) is 0 Å². The molecule has 7 heteroatoms. The Labute approximate surface area is 143 Å². The normalized spacial score (nSPS) is 10.6. The summed E-state index contributed by atoms with van der Waals surface area (Å²) in [5.41, 5.74) is 1.10. The fourth-order valence-electron chi connectivity index (χ4n) is 2.15. The average Bonchev–Trinajstić information content (AvgIpc) is 2.97. The van der Waals surface area contributed by atoms with E-state index in [0.29, 0.717) is 21.4 Å². The largest absolute Gasteiger partial charge is 0.318 e. The highest BCUT2D eigenvalue weighted by Crippen LogP contribution is 2.29. The summed E-state index contributed by atoms with van der Waals surface area (Å²) in [5, 5.41) is 0.544. The van der Waals surface area contributed by atoms with Crippen LogP contribution in [0.2, 0.25) is 0 Å². The minimum absolute atomic E-state index is 0.210. The molecule has 0 fully saturated rings. The Hall–Kier alpha value is -2.67. The van der Waals surface area contributed by atoms with E-state index in [1.54, 1.807) is 61.4 Å². The summed E-state index contributed by atoms with van der Waals surface area (Å²) in [7, 11) is 3.41. The van der Waals surface area contributed by atoms with Crippen molar-refractivity contribution < 1.29 is 9.18 Å². The molecule has 122 valence electrons. The van der Waals surface area contributed by atoms with Gasteiger partial charge in [-0.15, -0.1) is 0 Å². The second-order valence-electron chi connectivity index (χ2n) is 5.09. The van der Waals surface area contributed by atoms with E-state index in [2.05, 4.69) is 9.97 Å². The molecule has 0 aliphatic heterocycles. The van der Waals surface area contributed by atoms with Crippen molar-refractivity contribution in [2.24, 2.45) is 7.05 Å². The maximum Gasteiger partial charge on any atom is 0.276 e. The number of amides is 1. The Kier molecular flexibility index (Phi) is 4.61. The number of benzene rings is 1. The first-order chi connectivity index (χ1) is 11.6. The number of carbonyl (C=O) groups is 1. The van der Waals surface area contributed by atoms with E-state index in [0.717, 1.165) is 0 Å². The van der Waals surface area contributed by atoms with Crippen LogP contribution in [0, 0.1) is 5.82 Å². The van der Waals surface area contributed by atoms with E-state index >= 15 is 0 Å². The molecule has 3 rings (SSSR count). The van der Waals surface area contributed by atoms with Crippen LogP contribution in [0.5, 0.6) is 0 Å². The lowest BCUT2D eigenvalue weighted by Crippen LogP contribution is -2.28. The fraction of sp³-hybridized carbons (Fsp3) is 0.118. The van der Waals surface area contributed by atoms with Crippen LogP contribution in [-0.2, 0) is 7.05 Å². The van der Waals surface area contributed by atoms with Gasteiger partial charge in [0, 0.05) is 20.3 Å². The van der Waals surface area contributed by atoms with Crippen LogP contribution in [0.1, 0.15) is 10.5 Å². The van der Waals surface area contributed by atoms with E-state index in [9.17, 15) is 9.18 Å². The molecule has 0 bridgehead atoms. The average molecular weight is 342 g/mol. The van der Waals surface area contributed by atoms with Crippen LogP contribution >= 0.6 is 11.8 Å². The fourth-order valence-corrected chi connectivity index (χ4v) is 3.00. The van der Waals surface area contributed by atoms with E-state index in [1.807, 2.05) is 0 Å². The minimum Gasteiger partial charge on any atom is -0.318 e. The van der Waals surface area contributed by atoms with Gasteiger partial charge >= 0.3 is 0 Å². The monoisotopic (exact) mass is 342 g/mol. The number of halogens is 1. The van der Waals surface area contributed by atoms with Gasteiger partial charge in [-0.1, -0.05) is 12.1 Å². The minimum atomic E-state index is -0.314. The number of rotatable bonds is 4. The highest BCUT2D eigenvalue weighted by Gasteiger charge is 2.20. The molecule has 2 heterocycles. The van der Waals surface area contributed by atoms with Crippen molar-refractivity contribution in [3.05, 3.63) is 66.5 Å². The molecule has 0 aliphatic rings. The third-order valence-electron chi connectivity index (χ3n) is 3.54. The number of nitrogens with zero attached hydrogens (tertiary/aromatic N) is 4. The molecule has 1 amide bonds. The molecule has 0 radical (unpaired) electrons. The van der Waals surface area contributed by atoms with Gasteiger partial charge in [-0.25, -0.2) is 9.37 Å². The Morgan fingerprint density at radius 2 is 2.00 bits per heavy atom. The Bertz CT molecular complexity index is 866. The van der Waals surface area contributed by atoms with Gasteiger partial charge in [-0.3, -0.25) is 9.78 Å². The van der Waals surface area contributed by atoms with Gasteiger partial charge in [-0.2, -0.15) is 0 Å². The zero-order valence-electron chi connectivity index (χ0n) is 13.2. The third-order valence-corrected chi connectivity index (χ3v) is 4.65. The van der Waals surface area contributed by atoms with Crippen molar-refractivity contribution in [1.82, 2.24) is 14.5 Å². The maximum absolute atomic E-state index is 13.8. The molecule has 3 aromatic rings. The quantitative estimate of drug-likeness (QED) is 0.729. The third kappa shape index (κ3) is 3.16. The summed E-state index contributed by atoms with van der Waals surface area (Å²) in [4.78, 5) is 22.9. The van der Waals surface area contributed by atoms with Gasteiger partial charge in [0.05, 0.1) is 23.0 Å². The zero-order valence-corrected chi connectivity index (χ0v) is 14.0. The molecule has 0 spiro atoms. The van der Waals surface area contributed by atoms with E-state index < -0.39 is 0 Å². The molecule has 0 unspecified atom stereocenters. The maximum atomic E-state index is 13.8. The summed E-state index contributed by atoms with van der Waals surface area (Å²) < 4.78 is 15.4. The number of imidazole rings is 1. The molecule has 0 saturated heterocycles. The molecule has 0 saturated carbocycles. The standard InChI is InChI=1S/C17H15FN4OS/c1-21(12-6-5-9-19-10-12)16(23)14-11-20-17(22(14)2)24-15-8-4-3-7-13(15)18/h3-11H,1-2H3. The number of aromatic nitrogens is 3. The molecule has 1 aromatic carbocycles. The SMILES string of the molecule is CN(C(=O)c1cnc(Sc2ccccc2F)n1C)c1cccnc1. The first kappa shape index (κ1) is 16.2. The van der Waals surface area contributed by atoms with Gasteiger partial charge in [-0.05, 0) is 36.0 Å². The highest BCUT2D eigenvalue weighted by molar-refractivity contribution is 7.99. The lowest BCUT2D eigenvalue weighted by atomic mass is 10.3. The van der Waals surface area contributed by atoms with Crippen molar-refractivity contribution in [3.8, 4) is 0 Å². The summed E-state index contributed by atoms with van der Waals surface area (Å²) in [5.74, 6) is -0.524. The molecule has 0 N–H and O–H groups in total. The molecule has 2 aromatic heterocycles. The molecule has 24 heavy (non-hydrogen) atoms. The summed E-state index contributed by atoms with van der Waals surface area (Å²) in [6, 6.07) is 10.0. The predicted octanol–water partition coefficient (Wildman–Crippen LogP) is 3.38. The first-order valence-corrected chi connectivity index (χ1v) is 8.01. The number of hydrogen-bond donors (Lipinski definition) is 0. The van der Waals surface area contributed by atoms with Gasteiger partial charge < -0.3 is 9.47 Å². The highest BCUT2D eigenvalue weighted by atomic mass is 32.2. The van der Waals surface area contributed by atoms with Gasteiger partial charge in [0.2, 0.25) is 0 Å². The van der Waals surface area contributed by atoms with Crippen molar-refractivity contribution in [2.75, 3.05) is 11.9 Å². The first-order valence-electron chi connectivity index (χ1n) is 7.20. The van der Waals surface area contributed by atoms with Crippen LogP contribution < -0.4 is 4.90 Å². The number of pyridine rings is 1. The number of carbonyl (C=O) groups excluding carboxylic acids is 1. The van der Waals surface area contributed by atoms with Crippen molar-refractivity contribution in [1.29, 1.82) is 0 Å². The number of hydrogen-bond acceptors (Lipinski definition) is 4. The lowest BCUT2D eigenvalue weighted by molar-refractivity contribution is 0.0984. The number of anilines is 1. The zero-order chi connectivity index (χ0) is 17.1. The van der Waals surface area contributed by atoms with E-state index in [1.165, 1.54) is 28.9 Å². The lowest BCUT2D eigenvalue weighted by Gasteiger charge is -2.17. The molecular formula is C17H15FN4OS. The van der Waals surface area contributed by atoms with Gasteiger partial charge in [0.15, 0.2) is 5.16 Å². The Morgan fingerprint density at radius 1 is 1.21 bits per heavy atom. The van der Waals surface area contributed by atoms with Crippen LogP contribution in [0.4, 0.5) is 10.1 Å². The molecule has 0 aliphatic carbocycles. The summed E-state index contributed by atoms with van der Waals surface area (Å²) in [6.07, 6.45) is 4.76. The van der Waals surface area contributed by atoms with Gasteiger partial charge in [0.1, 0.15) is 11.5 Å².